The molecule has 1 atom stereocenters. The van der Waals surface area contributed by atoms with Crippen molar-refractivity contribution in [2.45, 2.75) is 13.0 Å². The number of carbonyl (C=O) groups is 1. The van der Waals surface area contributed by atoms with Crippen molar-refractivity contribution >= 4 is 5.91 Å². The Morgan fingerprint density at radius 2 is 1.71 bits per heavy atom. The van der Waals surface area contributed by atoms with E-state index in [4.69, 9.17) is 4.74 Å². The predicted octanol–water partition coefficient (Wildman–Crippen LogP) is 5.47. The minimum Gasteiger partial charge on any atom is -0.496 e. The van der Waals surface area contributed by atoms with E-state index in [-0.39, 0.29) is 11.5 Å². The van der Waals surface area contributed by atoms with Gasteiger partial charge in [0.05, 0.1) is 13.2 Å². The lowest BCUT2D eigenvalue weighted by molar-refractivity contribution is 0.0740. The average Bonchev–Trinajstić information content (AvgIpc) is 2.74. The zero-order valence-corrected chi connectivity index (χ0v) is 15.9. The van der Waals surface area contributed by atoms with Crippen LogP contribution in [-0.4, -0.2) is 25.0 Å². The van der Waals surface area contributed by atoms with E-state index in [1.165, 1.54) is 4.90 Å². The van der Waals surface area contributed by atoms with Gasteiger partial charge in [0.25, 0.3) is 5.91 Å². The third kappa shape index (κ3) is 3.88. The largest absolute Gasteiger partial charge is 0.496 e. The molecule has 0 aliphatic heterocycles. The zero-order valence-electron chi connectivity index (χ0n) is 15.9. The molecule has 0 N–H and O–H groups in total. The minimum atomic E-state index is -0.634. The van der Waals surface area contributed by atoms with Gasteiger partial charge in [-0.1, -0.05) is 30.3 Å². The summed E-state index contributed by atoms with van der Waals surface area (Å²) in [4.78, 5) is 14.4. The summed E-state index contributed by atoms with van der Waals surface area (Å²) in [7, 11) is 3.15. The van der Waals surface area contributed by atoms with Crippen molar-refractivity contribution in [3.05, 3.63) is 89.5 Å². The number of ether oxygens (including phenoxy) is 1. The molecule has 0 aliphatic carbocycles. The molecule has 0 bridgehead atoms. The summed E-state index contributed by atoms with van der Waals surface area (Å²) in [5, 5.41) is 0. The number of nitrogens with zero attached hydrogens (tertiary/aromatic N) is 1. The van der Waals surface area contributed by atoms with E-state index >= 15 is 0 Å². The van der Waals surface area contributed by atoms with Gasteiger partial charge < -0.3 is 9.64 Å². The molecule has 144 valence electrons. The van der Waals surface area contributed by atoms with Crippen LogP contribution in [0.5, 0.6) is 5.75 Å². The molecule has 0 saturated heterocycles. The number of halogens is 2. The smallest absolute Gasteiger partial charge is 0.254 e. The van der Waals surface area contributed by atoms with Crippen LogP contribution in [0, 0.1) is 11.6 Å². The van der Waals surface area contributed by atoms with Crippen molar-refractivity contribution in [1.29, 1.82) is 0 Å². The van der Waals surface area contributed by atoms with Crippen molar-refractivity contribution in [2.24, 2.45) is 0 Å². The quantitative estimate of drug-likeness (QED) is 0.586. The summed E-state index contributed by atoms with van der Waals surface area (Å²) in [6.07, 6.45) is 0. The number of carbonyl (C=O) groups excluding carboxylic acids is 1. The number of hydrogen-bond donors (Lipinski definition) is 0. The third-order valence-electron chi connectivity index (χ3n) is 4.84. The highest BCUT2D eigenvalue weighted by atomic mass is 19.1. The van der Waals surface area contributed by atoms with E-state index in [9.17, 15) is 13.6 Å². The van der Waals surface area contributed by atoms with Crippen LogP contribution in [0.15, 0.2) is 66.7 Å². The Kier molecular flexibility index (Phi) is 5.73. The molecular formula is C23H21F2NO2. The van der Waals surface area contributed by atoms with Crippen LogP contribution >= 0.6 is 0 Å². The van der Waals surface area contributed by atoms with Crippen molar-refractivity contribution in [1.82, 2.24) is 4.90 Å². The Morgan fingerprint density at radius 1 is 1.00 bits per heavy atom. The summed E-state index contributed by atoms with van der Waals surface area (Å²) in [6, 6.07) is 17.3. The Balaban J connectivity index is 1.94. The monoisotopic (exact) mass is 381 g/mol. The lowest BCUT2D eigenvalue weighted by Gasteiger charge is -2.26. The Morgan fingerprint density at radius 3 is 2.39 bits per heavy atom. The molecule has 5 heteroatoms. The molecule has 1 amide bonds. The van der Waals surface area contributed by atoms with Crippen molar-refractivity contribution in [2.75, 3.05) is 14.2 Å². The van der Waals surface area contributed by atoms with E-state index in [0.717, 1.165) is 29.3 Å². The maximum atomic E-state index is 14.1. The number of methoxy groups -OCH3 is 1. The normalized spacial score (nSPS) is 11.8. The van der Waals surface area contributed by atoms with Gasteiger partial charge in [-0.3, -0.25) is 4.79 Å². The van der Waals surface area contributed by atoms with Gasteiger partial charge in [-0.2, -0.15) is 0 Å². The first-order chi connectivity index (χ1) is 13.4. The Bertz CT molecular complexity index is 989. The van der Waals surface area contributed by atoms with Crippen molar-refractivity contribution in [3.8, 4) is 16.9 Å². The Labute approximate surface area is 163 Å². The molecule has 0 saturated carbocycles. The fourth-order valence-corrected chi connectivity index (χ4v) is 3.11. The third-order valence-corrected chi connectivity index (χ3v) is 4.84. The fourth-order valence-electron chi connectivity index (χ4n) is 3.11. The SMILES string of the molecule is COc1ccc(C(=O)N(C)[C@@H](C)c2cc(F)ccc2F)cc1-c1ccccc1. The van der Waals surface area contributed by atoms with Gasteiger partial charge in [0.15, 0.2) is 0 Å². The second kappa shape index (κ2) is 8.21. The van der Waals surface area contributed by atoms with E-state index in [1.54, 1.807) is 39.3 Å². The van der Waals surface area contributed by atoms with Crippen molar-refractivity contribution in [3.63, 3.8) is 0 Å². The molecule has 0 unspecified atom stereocenters. The van der Waals surface area contributed by atoms with Crippen LogP contribution in [0.4, 0.5) is 8.78 Å². The number of benzene rings is 3. The summed E-state index contributed by atoms with van der Waals surface area (Å²) in [5.41, 5.74) is 2.27. The number of hydrogen-bond acceptors (Lipinski definition) is 2. The lowest BCUT2D eigenvalue weighted by Crippen LogP contribution is -2.30. The molecule has 3 nitrogen and oxygen atoms in total. The van der Waals surface area contributed by atoms with Gasteiger partial charge in [-0.15, -0.1) is 0 Å². The highest BCUT2D eigenvalue weighted by molar-refractivity contribution is 5.96. The van der Waals surface area contributed by atoms with Crippen LogP contribution in [0.2, 0.25) is 0 Å². The van der Waals surface area contributed by atoms with Gasteiger partial charge in [0.2, 0.25) is 0 Å². The first-order valence-electron chi connectivity index (χ1n) is 8.88. The van der Waals surface area contributed by atoms with Gasteiger partial charge in [-0.05, 0) is 48.9 Å². The predicted molar refractivity (Wildman–Crippen MR) is 105 cm³/mol. The highest BCUT2D eigenvalue weighted by Crippen LogP contribution is 2.32. The molecule has 0 radical (unpaired) electrons. The fraction of sp³-hybridized carbons (Fsp3) is 0.174. The second-order valence-corrected chi connectivity index (χ2v) is 6.54. The lowest BCUT2D eigenvalue weighted by atomic mass is 10.0. The first-order valence-corrected chi connectivity index (χ1v) is 8.88. The maximum Gasteiger partial charge on any atom is 0.254 e. The van der Waals surface area contributed by atoms with Gasteiger partial charge in [0, 0.05) is 23.7 Å². The number of rotatable bonds is 5. The van der Waals surface area contributed by atoms with Gasteiger partial charge in [0.1, 0.15) is 17.4 Å². The van der Waals surface area contributed by atoms with Gasteiger partial charge in [-0.25, -0.2) is 8.78 Å². The highest BCUT2D eigenvalue weighted by Gasteiger charge is 2.23. The summed E-state index contributed by atoms with van der Waals surface area (Å²) >= 11 is 0. The van der Waals surface area contributed by atoms with Crippen LogP contribution < -0.4 is 4.74 Å². The molecule has 3 aromatic rings. The molecule has 0 aromatic heterocycles. The molecule has 0 heterocycles. The van der Waals surface area contributed by atoms with Crippen LogP contribution in [0.25, 0.3) is 11.1 Å². The van der Waals surface area contributed by atoms with Crippen molar-refractivity contribution < 1.29 is 18.3 Å². The standard InChI is InChI=1S/C23H21F2NO2/c1-15(19-14-18(24)10-11-21(19)25)26(2)23(27)17-9-12-22(28-3)20(13-17)16-7-5-4-6-8-16/h4-15H,1-3H3/t15-/m0/s1. The average molecular weight is 381 g/mol. The molecular weight excluding hydrogens is 360 g/mol. The first kappa shape index (κ1) is 19.5. The molecule has 3 rings (SSSR count). The Hall–Kier alpha value is -3.21. The second-order valence-electron chi connectivity index (χ2n) is 6.54. The van der Waals surface area contributed by atoms with E-state index in [0.29, 0.717) is 11.3 Å². The summed E-state index contributed by atoms with van der Waals surface area (Å²) in [6.45, 7) is 1.66. The summed E-state index contributed by atoms with van der Waals surface area (Å²) < 4.78 is 33.1. The van der Waals surface area contributed by atoms with Crippen LogP contribution in [-0.2, 0) is 0 Å². The zero-order chi connectivity index (χ0) is 20.3. The van der Waals surface area contributed by atoms with E-state index < -0.39 is 17.7 Å². The topological polar surface area (TPSA) is 29.5 Å². The summed E-state index contributed by atoms with van der Waals surface area (Å²) in [5.74, 6) is -0.737. The molecule has 0 fully saturated rings. The minimum absolute atomic E-state index is 0.132. The van der Waals surface area contributed by atoms with E-state index in [2.05, 4.69) is 0 Å². The number of amides is 1. The molecule has 0 spiro atoms. The van der Waals surface area contributed by atoms with Crippen LogP contribution in [0.1, 0.15) is 28.9 Å². The van der Waals surface area contributed by atoms with Gasteiger partial charge >= 0.3 is 0 Å². The van der Waals surface area contributed by atoms with E-state index in [1.807, 2.05) is 30.3 Å². The van der Waals surface area contributed by atoms with Crippen LogP contribution in [0.3, 0.4) is 0 Å². The molecule has 0 aliphatic rings. The molecule has 28 heavy (non-hydrogen) atoms. The maximum absolute atomic E-state index is 14.1. The molecule has 3 aromatic carbocycles.